The highest BCUT2D eigenvalue weighted by Gasteiger charge is 2.19. The molecular weight excluding hydrogens is 347 g/mol. The van der Waals surface area contributed by atoms with E-state index < -0.39 is 5.38 Å². The molecule has 0 saturated carbocycles. The highest BCUT2D eigenvalue weighted by Crippen LogP contribution is 2.40. The number of alkyl halides is 1. The third-order valence-corrected chi connectivity index (χ3v) is 4.03. The van der Waals surface area contributed by atoms with Gasteiger partial charge in [-0.2, -0.15) is 0 Å². The number of benzene rings is 2. The minimum atomic E-state index is -0.525. The Hall–Kier alpha value is -1.26. The van der Waals surface area contributed by atoms with Gasteiger partial charge in [0.05, 0.1) is 24.1 Å². The van der Waals surface area contributed by atoms with E-state index in [1.165, 1.54) is 12.1 Å². The molecular formula is C15H13BrClFO2. The van der Waals surface area contributed by atoms with Gasteiger partial charge in [-0.05, 0) is 45.8 Å². The van der Waals surface area contributed by atoms with Crippen LogP contribution in [0.25, 0.3) is 0 Å². The van der Waals surface area contributed by atoms with Crippen molar-refractivity contribution in [1.29, 1.82) is 0 Å². The quantitative estimate of drug-likeness (QED) is 0.720. The summed E-state index contributed by atoms with van der Waals surface area (Å²) in [5, 5.41) is -0.525. The van der Waals surface area contributed by atoms with Crippen LogP contribution in [0, 0.1) is 5.82 Å². The molecule has 106 valence electrons. The molecule has 0 spiro atoms. The molecule has 0 radical (unpaired) electrons. The smallest absolute Gasteiger partial charge is 0.133 e. The fourth-order valence-corrected chi connectivity index (χ4v) is 2.72. The number of methoxy groups -OCH3 is 2. The van der Waals surface area contributed by atoms with Gasteiger partial charge in [-0.3, -0.25) is 0 Å². The Morgan fingerprint density at radius 2 is 1.80 bits per heavy atom. The molecule has 0 aliphatic rings. The number of rotatable bonds is 4. The van der Waals surface area contributed by atoms with Crippen LogP contribution in [0.2, 0.25) is 0 Å². The second-order valence-electron chi connectivity index (χ2n) is 4.15. The van der Waals surface area contributed by atoms with Crippen molar-refractivity contribution in [3.63, 3.8) is 0 Å². The average molecular weight is 360 g/mol. The lowest BCUT2D eigenvalue weighted by Crippen LogP contribution is -1.99. The van der Waals surface area contributed by atoms with Crippen LogP contribution in [0.15, 0.2) is 40.9 Å². The van der Waals surface area contributed by atoms with Crippen LogP contribution >= 0.6 is 27.5 Å². The fraction of sp³-hybridized carbons (Fsp3) is 0.200. The van der Waals surface area contributed by atoms with Gasteiger partial charge in [0.1, 0.15) is 17.3 Å². The second kappa shape index (κ2) is 6.46. The summed E-state index contributed by atoms with van der Waals surface area (Å²) in [6, 6.07) is 9.75. The zero-order valence-corrected chi connectivity index (χ0v) is 13.3. The first-order chi connectivity index (χ1) is 9.56. The number of ether oxygens (including phenoxy) is 2. The Morgan fingerprint density at radius 3 is 2.40 bits per heavy atom. The molecule has 2 aromatic carbocycles. The molecule has 0 aromatic heterocycles. The zero-order valence-electron chi connectivity index (χ0n) is 11.0. The van der Waals surface area contributed by atoms with Crippen molar-refractivity contribution in [3.05, 3.63) is 57.8 Å². The summed E-state index contributed by atoms with van der Waals surface area (Å²) in [5.74, 6) is 0.931. The molecule has 0 fully saturated rings. The average Bonchev–Trinajstić information content (AvgIpc) is 2.46. The van der Waals surface area contributed by atoms with Gasteiger partial charge in [-0.15, -0.1) is 11.6 Å². The standard InChI is InChI=1S/C15H13BrClFO2/c1-19-13-8-12(16)14(20-2)7-11(13)15(17)9-4-3-5-10(18)6-9/h3-8,15H,1-2H3. The number of halogens is 3. The lowest BCUT2D eigenvalue weighted by atomic mass is 10.0. The van der Waals surface area contributed by atoms with Crippen molar-refractivity contribution in [2.45, 2.75) is 5.38 Å². The summed E-state index contributed by atoms with van der Waals surface area (Å²) < 4.78 is 24.7. The van der Waals surface area contributed by atoms with E-state index in [0.717, 1.165) is 10.0 Å². The highest BCUT2D eigenvalue weighted by atomic mass is 79.9. The monoisotopic (exact) mass is 358 g/mol. The molecule has 0 amide bonds. The predicted octanol–water partition coefficient (Wildman–Crippen LogP) is 4.93. The van der Waals surface area contributed by atoms with Crippen LogP contribution in [-0.4, -0.2) is 14.2 Å². The maximum atomic E-state index is 13.3. The molecule has 20 heavy (non-hydrogen) atoms. The molecule has 1 unspecified atom stereocenters. The normalized spacial score (nSPS) is 12.1. The van der Waals surface area contributed by atoms with Crippen LogP contribution in [0.3, 0.4) is 0 Å². The van der Waals surface area contributed by atoms with Crippen molar-refractivity contribution in [3.8, 4) is 11.5 Å². The van der Waals surface area contributed by atoms with E-state index >= 15 is 0 Å². The summed E-state index contributed by atoms with van der Waals surface area (Å²) in [7, 11) is 3.13. The molecule has 2 rings (SSSR count). The Labute approximate surface area is 130 Å². The van der Waals surface area contributed by atoms with Gasteiger partial charge in [-0.1, -0.05) is 12.1 Å². The van der Waals surface area contributed by atoms with E-state index in [1.54, 1.807) is 38.5 Å². The minimum absolute atomic E-state index is 0.323. The zero-order chi connectivity index (χ0) is 14.7. The molecule has 5 heteroatoms. The van der Waals surface area contributed by atoms with Gasteiger partial charge in [0.2, 0.25) is 0 Å². The van der Waals surface area contributed by atoms with Gasteiger partial charge in [-0.25, -0.2) is 4.39 Å². The Bertz CT molecular complexity index is 619. The van der Waals surface area contributed by atoms with E-state index in [0.29, 0.717) is 17.1 Å². The topological polar surface area (TPSA) is 18.5 Å². The molecule has 0 saturated heterocycles. The fourth-order valence-electron chi connectivity index (χ4n) is 1.93. The molecule has 0 aliphatic heterocycles. The maximum absolute atomic E-state index is 13.3. The number of hydrogen-bond acceptors (Lipinski definition) is 2. The van der Waals surface area contributed by atoms with E-state index in [-0.39, 0.29) is 5.82 Å². The minimum Gasteiger partial charge on any atom is -0.496 e. The van der Waals surface area contributed by atoms with Gasteiger partial charge in [0, 0.05) is 5.56 Å². The van der Waals surface area contributed by atoms with Gasteiger partial charge < -0.3 is 9.47 Å². The van der Waals surface area contributed by atoms with Crippen LogP contribution < -0.4 is 9.47 Å². The summed E-state index contributed by atoms with van der Waals surface area (Å²) in [5.41, 5.74) is 1.38. The van der Waals surface area contributed by atoms with Crippen LogP contribution in [0.1, 0.15) is 16.5 Å². The predicted molar refractivity (Wildman–Crippen MR) is 81.3 cm³/mol. The lowest BCUT2D eigenvalue weighted by Gasteiger charge is -2.16. The largest absolute Gasteiger partial charge is 0.496 e. The molecule has 2 aromatic rings. The Balaban J connectivity index is 2.50. The van der Waals surface area contributed by atoms with Crippen molar-refractivity contribution < 1.29 is 13.9 Å². The third-order valence-electron chi connectivity index (χ3n) is 2.92. The third kappa shape index (κ3) is 3.07. The maximum Gasteiger partial charge on any atom is 0.133 e. The first kappa shape index (κ1) is 15.1. The van der Waals surface area contributed by atoms with Gasteiger partial charge in [0.25, 0.3) is 0 Å². The van der Waals surface area contributed by atoms with E-state index in [4.69, 9.17) is 21.1 Å². The van der Waals surface area contributed by atoms with Crippen LogP contribution in [-0.2, 0) is 0 Å². The van der Waals surface area contributed by atoms with Crippen molar-refractivity contribution in [2.75, 3.05) is 14.2 Å². The molecule has 2 nitrogen and oxygen atoms in total. The summed E-state index contributed by atoms with van der Waals surface area (Å²) in [6.45, 7) is 0. The molecule has 1 atom stereocenters. The first-order valence-corrected chi connectivity index (χ1v) is 7.10. The Morgan fingerprint density at radius 1 is 1.10 bits per heavy atom. The SMILES string of the molecule is COc1cc(C(Cl)c2cccc(F)c2)c(OC)cc1Br. The lowest BCUT2D eigenvalue weighted by molar-refractivity contribution is 0.397. The molecule has 0 aliphatic carbocycles. The summed E-state index contributed by atoms with van der Waals surface area (Å²) in [4.78, 5) is 0. The van der Waals surface area contributed by atoms with Crippen molar-refractivity contribution in [2.24, 2.45) is 0 Å². The van der Waals surface area contributed by atoms with Gasteiger partial charge in [0.15, 0.2) is 0 Å². The first-order valence-electron chi connectivity index (χ1n) is 5.87. The second-order valence-corrected chi connectivity index (χ2v) is 5.44. The van der Waals surface area contributed by atoms with Crippen molar-refractivity contribution in [1.82, 2.24) is 0 Å². The van der Waals surface area contributed by atoms with Gasteiger partial charge >= 0.3 is 0 Å². The summed E-state index contributed by atoms with van der Waals surface area (Å²) in [6.07, 6.45) is 0. The van der Waals surface area contributed by atoms with E-state index in [9.17, 15) is 4.39 Å². The number of hydrogen-bond donors (Lipinski definition) is 0. The molecule has 0 heterocycles. The van der Waals surface area contributed by atoms with E-state index in [2.05, 4.69) is 15.9 Å². The molecule has 0 bridgehead atoms. The highest BCUT2D eigenvalue weighted by molar-refractivity contribution is 9.10. The van der Waals surface area contributed by atoms with Crippen LogP contribution in [0.4, 0.5) is 4.39 Å². The Kier molecular flexibility index (Phi) is 4.89. The molecule has 0 N–H and O–H groups in total. The van der Waals surface area contributed by atoms with E-state index in [1.807, 2.05) is 0 Å². The van der Waals surface area contributed by atoms with Crippen molar-refractivity contribution >= 4 is 27.5 Å². The summed E-state index contributed by atoms with van der Waals surface area (Å²) >= 11 is 9.84. The van der Waals surface area contributed by atoms with Crippen LogP contribution in [0.5, 0.6) is 11.5 Å².